The summed E-state index contributed by atoms with van der Waals surface area (Å²) in [6.45, 7) is 8.36. The summed E-state index contributed by atoms with van der Waals surface area (Å²) >= 11 is 0. The SMILES string of the molecule is CC1(C)OB(c2cc(-c3ccccc3)cc3oc4cc5ccccc5cc4c23)OC1(C)C. The highest BCUT2D eigenvalue weighted by Crippen LogP contribution is 2.39. The maximum absolute atomic E-state index is 6.49. The third-order valence-electron chi connectivity index (χ3n) is 7.08. The van der Waals surface area contributed by atoms with Crippen molar-refractivity contribution in [1.29, 1.82) is 0 Å². The molecule has 1 aromatic heterocycles. The molecule has 4 heteroatoms. The summed E-state index contributed by atoms with van der Waals surface area (Å²) in [5.41, 5.74) is 4.12. The molecule has 0 spiro atoms. The Bertz CT molecular complexity index is 1460. The molecular formula is C28H25BO3. The number of furan rings is 1. The number of hydrogen-bond donors (Lipinski definition) is 0. The molecule has 1 fully saturated rings. The molecule has 6 rings (SSSR count). The van der Waals surface area contributed by atoms with Crippen LogP contribution in [0.3, 0.4) is 0 Å². The van der Waals surface area contributed by atoms with Gasteiger partial charge in [-0.25, -0.2) is 0 Å². The highest BCUT2D eigenvalue weighted by atomic mass is 16.7. The smallest absolute Gasteiger partial charge is 0.456 e. The number of benzene rings is 4. The molecule has 5 aromatic rings. The van der Waals surface area contributed by atoms with E-state index >= 15 is 0 Å². The van der Waals surface area contributed by atoms with Gasteiger partial charge in [-0.2, -0.15) is 0 Å². The van der Waals surface area contributed by atoms with E-state index in [-0.39, 0.29) is 0 Å². The molecule has 0 radical (unpaired) electrons. The van der Waals surface area contributed by atoms with Crippen LogP contribution in [0.4, 0.5) is 0 Å². The summed E-state index contributed by atoms with van der Waals surface area (Å²) in [6, 6.07) is 27.4. The molecule has 1 aliphatic heterocycles. The van der Waals surface area contributed by atoms with E-state index in [1.807, 2.05) is 6.07 Å². The third-order valence-corrected chi connectivity index (χ3v) is 7.08. The van der Waals surface area contributed by atoms with Crippen LogP contribution in [0.2, 0.25) is 0 Å². The van der Waals surface area contributed by atoms with Gasteiger partial charge in [0.15, 0.2) is 0 Å². The summed E-state index contributed by atoms with van der Waals surface area (Å²) in [7, 11) is -0.474. The largest absolute Gasteiger partial charge is 0.495 e. The molecule has 3 nitrogen and oxygen atoms in total. The van der Waals surface area contributed by atoms with Gasteiger partial charge in [0.1, 0.15) is 11.2 Å². The van der Waals surface area contributed by atoms with E-state index in [1.54, 1.807) is 0 Å². The maximum atomic E-state index is 6.49. The van der Waals surface area contributed by atoms with Crippen LogP contribution in [0.5, 0.6) is 0 Å². The van der Waals surface area contributed by atoms with Crippen LogP contribution in [0.1, 0.15) is 27.7 Å². The Morgan fingerprint density at radius 1 is 0.625 bits per heavy atom. The molecule has 0 N–H and O–H groups in total. The molecule has 0 bridgehead atoms. The van der Waals surface area contributed by atoms with Crippen molar-refractivity contribution in [2.75, 3.05) is 0 Å². The molecular weight excluding hydrogens is 395 g/mol. The normalized spacial score (nSPS) is 17.6. The van der Waals surface area contributed by atoms with E-state index in [0.717, 1.165) is 38.5 Å². The zero-order valence-electron chi connectivity index (χ0n) is 18.8. The van der Waals surface area contributed by atoms with Crippen molar-refractivity contribution in [3.63, 3.8) is 0 Å². The minimum absolute atomic E-state index is 0.418. The molecule has 0 unspecified atom stereocenters. The van der Waals surface area contributed by atoms with Gasteiger partial charge in [0.05, 0.1) is 11.2 Å². The van der Waals surface area contributed by atoms with Crippen molar-refractivity contribution in [3.8, 4) is 11.1 Å². The fourth-order valence-corrected chi connectivity index (χ4v) is 4.58. The van der Waals surface area contributed by atoms with E-state index in [2.05, 4.69) is 100 Å². The fourth-order valence-electron chi connectivity index (χ4n) is 4.58. The number of hydrogen-bond acceptors (Lipinski definition) is 3. The Morgan fingerprint density at radius 3 is 1.94 bits per heavy atom. The van der Waals surface area contributed by atoms with Crippen molar-refractivity contribution in [3.05, 3.63) is 78.9 Å². The van der Waals surface area contributed by atoms with E-state index in [1.165, 1.54) is 10.8 Å². The van der Waals surface area contributed by atoms with Gasteiger partial charge in [-0.05, 0) is 73.3 Å². The lowest BCUT2D eigenvalue weighted by atomic mass is 9.75. The summed E-state index contributed by atoms with van der Waals surface area (Å²) in [5, 5.41) is 4.50. The molecule has 158 valence electrons. The molecule has 1 saturated heterocycles. The van der Waals surface area contributed by atoms with Gasteiger partial charge in [0.25, 0.3) is 0 Å². The van der Waals surface area contributed by atoms with Crippen molar-refractivity contribution in [2.45, 2.75) is 38.9 Å². The summed E-state index contributed by atoms with van der Waals surface area (Å²) in [6.07, 6.45) is 0. The molecule has 0 atom stereocenters. The van der Waals surface area contributed by atoms with Crippen LogP contribution in [0, 0.1) is 0 Å². The Morgan fingerprint density at radius 2 is 1.25 bits per heavy atom. The minimum Gasteiger partial charge on any atom is -0.456 e. The van der Waals surface area contributed by atoms with Gasteiger partial charge in [0.2, 0.25) is 0 Å². The Hall–Kier alpha value is -3.08. The first-order chi connectivity index (χ1) is 15.3. The predicted molar refractivity (Wildman–Crippen MR) is 132 cm³/mol. The molecule has 2 heterocycles. The van der Waals surface area contributed by atoms with Gasteiger partial charge >= 0.3 is 7.12 Å². The lowest BCUT2D eigenvalue weighted by Crippen LogP contribution is -2.41. The first kappa shape index (κ1) is 19.6. The van der Waals surface area contributed by atoms with Crippen molar-refractivity contribution >= 4 is 45.3 Å². The average molecular weight is 420 g/mol. The lowest BCUT2D eigenvalue weighted by molar-refractivity contribution is 0.00578. The molecule has 1 aliphatic rings. The number of fused-ring (bicyclic) bond motifs is 4. The van der Waals surface area contributed by atoms with Crippen LogP contribution in [0.15, 0.2) is 83.3 Å². The van der Waals surface area contributed by atoms with Crippen molar-refractivity contribution in [2.24, 2.45) is 0 Å². The van der Waals surface area contributed by atoms with Crippen LogP contribution < -0.4 is 5.46 Å². The zero-order valence-corrected chi connectivity index (χ0v) is 18.8. The molecule has 0 amide bonds. The third kappa shape index (κ3) is 2.91. The van der Waals surface area contributed by atoms with Crippen LogP contribution in [0.25, 0.3) is 43.8 Å². The second-order valence-electron chi connectivity index (χ2n) is 9.69. The highest BCUT2D eigenvalue weighted by molar-refractivity contribution is 6.66. The lowest BCUT2D eigenvalue weighted by Gasteiger charge is -2.32. The molecule has 0 saturated carbocycles. The number of rotatable bonds is 2. The maximum Gasteiger partial charge on any atom is 0.495 e. The predicted octanol–water partition coefficient (Wildman–Crippen LogP) is 6.71. The van der Waals surface area contributed by atoms with Crippen LogP contribution >= 0.6 is 0 Å². The second-order valence-corrected chi connectivity index (χ2v) is 9.69. The van der Waals surface area contributed by atoms with Gasteiger partial charge in [-0.3, -0.25) is 0 Å². The first-order valence-electron chi connectivity index (χ1n) is 11.1. The van der Waals surface area contributed by atoms with Gasteiger partial charge in [-0.1, -0.05) is 60.7 Å². The quantitative estimate of drug-likeness (QED) is 0.298. The van der Waals surface area contributed by atoms with E-state index in [4.69, 9.17) is 13.7 Å². The minimum atomic E-state index is -0.474. The Balaban J connectivity index is 1.66. The summed E-state index contributed by atoms with van der Waals surface area (Å²) < 4.78 is 19.4. The van der Waals surface area contributed by atoms with Crippen LogP contribution in [-0.4, -0.2) is 18.3 Å². The van der Waals surface area contributed by atoms with Gasteiger partial charge < -0.3 is 13.7 Å². The molecule has 32 heavy (non-hydrogen) atoms. The summed E-state index contributed by atoms with van der Waals surface area (Å²) in [5.74, 6) is 0. The molecule has 4 aromatic carbocycles. The first-order valence-corrected chi connectivity index (χ1v) is 11.1. The second kappa shape index (κ2) is 6.71. The topological polar surface area (TPSA) is 31.6 Å². The zero-order chi connectivity index (χ0) is 22.1. The van der Waals surface area contributed by atoms with E-state index in [9.17, 15) is 0 Å². The highest BCUT2D eigenvalue weighted by Gasteiger charge is 2.52. The van der Waals surface area contributed by atoms with Gasteiger partial charge in [-0.15, -0.1) is 0 Å². The van der Waals surface area contributed by atoms with Gasteiger partial charge in [0, 0.05) is 10.8 Å². The average Bonchev–Trinajstić information content (AvgIpc) is 3.24. The summed E-state index contributed by atoms with van der Waals surface area (Å²) in [4.78, 5) is 0. The fraction of sp³-hybridized carbons (Fsp3) is 0.214. The monoisotopic (exact) mass is 420 g/mol. The van der Waals surface area contributed by atoms with Crippen LogP contribution in [-0.2, 0) is 9.31 Å². The molecule has 0 aliphatic carbocycles. The van der Waals surface area contributed by atoms with E-state index < -0.39 is 18.3 Å². The van der Waals surface area contributed by atoms with Crippen molar-refractivity contribution < 1.29 is 13.7 Å². The Kier molecular flexibility index (Phi) is 4.11. The standard InChI is InChI=1S/C28H25BO3/c1-27(2)28(3,4)32-29(31-27)23-15-21(18-10-6-5-7-11-18)17-25-26(23)22-14-19-12-8-9-13-20(19)16-24(22)30-25/h5-17H,1-4H3. The van der Waals surface area contributed by atoms with Crippen molar-refractivity contribution in [1.82, 2.24) is 0 Å². The van der Waals surface area contributed by atoms with E-state index in [0.29, 0.717) is 0 Å². The Labute approximate surface area is 188 Å².